The zero-order chi connectivity index (χ0) is 27.7. The van der Waals surface area contributed by atoms with Crippen LogP contribution in [0.3, 0.4) is 0 Å². The second-order valence-corrected chi connectivity index (χ2v) is 11.6. The lowest BCUT2D eigenvalue weighted by atomic mass is 10.0. The van der Waals surface area contributed by atoms with Crippen molar-refractivity contribution in [3.8, 4) is 0 Å². The van der Waals surface area contributed by atoms with Gasteiger partial charge in [-0.2, -0.15) is 0 Å². The fraction of sp³-hybridized carbons (Fsp3) is 0.310. The van der Waals surface area contributed by atoms with Crippen molar-refractivity contribution < 1.29 is 18.0 Å². The molecule has 0 radical (unpaired) electrons. The first kappa shape index (κ1) is 29.2. The molecule has 0 aliphatic heterocycles. The first-order valence-corrected chi connectivity index (χ1v) is 14.6. The molecule has 0 saturated heterocycles. The Bertz CT molecular complexity index is 1310. The van der Waals surface area contributed by atoms with Crippen LogP contribution in [-0.2, 0) is 32.6 Å². The lowest BCUT2D eigenvalue weighted by molar-refractivity contribution is -0.141. The zero-order valence-electron chi connectivity index (χ0n) is 21.9. The van der Waals surface area contributed by atoms with Crippen LogP contribution in [0, 0.1) is 6.92 Å². The van der Waals surface area contributed by atoms with Gasteiger partial charge in [-0.15, -0.1) is 0 Å². The van der Waals surface area contributed by atoms with Crippen molar-refractivity contribution in [2.75, 3.05) is 24.2 Å². The van der Waals surface area contributed by atoms with Crippen LogP contribution in [-0.4, -0.2) is 51.0 Å². The smallest absolute Gasteiger partial charge is 0.242 e. The van der Waals surface area contributed by atoms with Gasteiger partial charge in [-0.1, -0.05) is 71.8 Å². The first-order chi connectivity index (χ1) is 18.1. The highest BCUT2D eigenvalue weighted by Crippen LogP contribution is 2.22. The van der Waals surface area contributed by atoms with E-state index in [1.165, 1.54) is 4.31 Å². The van der Waals surface area contributed by atoms with E-state index in [4.69, 9.17) is 11.6 Å². The molecule has 1 N–H and O–H groups in total. The van der Waals surface area contributed by atoms with Crippen molar-refractivity contribution in [1.29, 1.82) is 0 Å². The van der Waals surface area contributed by atoms with E-state index < -0.39 is 16.1 Å². The van der Waals surface area contributed by atoms with Gasteiger partial charge in [0.25, 0.3) is 0 Å². The van der Waals surface area contributed by atoms with E-state index in [9.17, 15) is 18.0 Å². The Morgan fingerprint density at radius 2 is 1.55 bits per heavy atom. The number of nitrogens with one attached hydrogen (secondary N) is 1. The number of nitrogens with zero attached hydrogens (tertiary/aromatic N) is 2. The predicted molar refractivity (Wildman–Crippen MR) is 153 cm³/mol. The second-order valence-electron chi connectivity index (χ2n) is 9.24. The van der Waals surface area contributed by atoms with Crippen molar-refractivity contribution >= 4 is 39.1 Å². The maximum Gasteiger partial charge on any atom is 0.242 e. The maximum atomic E-state index is 13.6. The summed E-state index contributed by atoms with van der Waals surface area (Å²) >= 11 is 5.96. The molecule has 0 unspecified atom stereocenters. The molecule has 0 spiro atoms. The summed E-state index contributed by atoms with van der Waals surface area (Å²) in [5, 5.41) is 3.21. The van der Waals surface area contributed by atoms with E-state index in [-0.39, 0.29) is 37.7 Å². The van der Waals surface area contributed by atoms with E-state index in [1.807, 2.05) is 61.5 Å². The number of benzene rings is 3. The fourth-order valence-electron chi connectivity index (χ4n) is 4.22. The molecule has 0 aromatic heterocycles. The summed E-state index contributed by atoms with van der Waals surface area (Å²) in [6.45, 7) is 2.37. The molecule has 1 atom stereocenters. The van der Waals surface area contributed by atoms with Crippen molar-refractivity contribution in [1.82, 2.24) is 10.2 Å². The Labute approximate surface area is 230 Å². The standard InChI is InChI=1S/C29H34ClN3O4S/c1-22-11-13-24(14-12-22)21-32(27(29(35)31-2)20-23-8-5-4-6-9-23)28(34)10-7-19-33(38(3,36)37)26-17-15-25(30)16-18-26/h4-6,8-9,11-18,27H,7,10,19-21H2,1-3H3,(H,31,35)/t27-/m0/s1. The molecule has 7 nitrogen and oxygen atoms in total. The number of likely N-dealkylation sites (N-methyl/N-ethyl adjacent to an activating group) is 1. The molecule has 0 bridgehead atoms. The van der Waals surface area contributed by atoms with Crippen molar-refractivity contribution in [3.63, 3.8) is 0 Å². The minimum atomic E-state index is -3.57. The Hall–Kier alpha value is -3.36. The fourth-order valence-corrected chi connectivity index (χ4v) is 5.31. The Morgan fingerprint density at radius 1 is 0.921 bits per heavy atom. The van der Waals surface area contributed by atoms with Gasteiger partial charge in [-0.05, 0) is 48.7 Å². The monoisotopic (exact) mass is 555 g/mol. The number of amides is 2. The summed E-state index contributed by atoms with van der Waals surface area (Å²) in [4.78, 5) is 28.3. The third-order valence-electron chi connectivity index (χ3n) is 6.26. The lowest BCUT2D eigenvalue weighted by Crippen LogP contribution is -2.49. The zero-order valence-corrected chi connectivity index (χ0v) is 23.5. The summed E-state index contributed by atoms with van der Waals surface area (Å²) in [6, 6.07) is 23.2. The van der Waals surface area contributed by atoms with Crippen LogP contribution in [0.2, 0.25) is 5.02 Å². The van der Waals surface area contributed by atoms with E-state index >= 15 is 0 Å². The number of rotatable bonds is 12. The highest BCUT2D eigenvalue weighted by molar-refractivity contribution is 7.92. The van der Waals surface area contributed by atoms with E-state index in [0.717, 1.165) is 22.9 Å². The summed E-state index contributed by atoms with van der Waals surface area (Å²) in [7, 11) is -2.01. The number of halogens is 1. The van der Waals surface area contributed by atoms with Crippen molar-refractivity contribution in [2.45, 2.75) is 38.8 Å². The molecule has 0 fully saturated rings. The number of carbonyl (C=O) groups is 2. The van der Waals surface area contributed by atoms with Crippen LogP contribution < -0.4 is 9.62 Å². The number of anilines is 1. The van der Waals surface area contributed by atoms with Gasteiger partial charge in [-0.3, -0.25) is 13.9 Å². The minimum Gasteiger partial charge on any atom is -0.357 e. The van der Waals surface area contributed by atoms with Gasteiger partial charge >= 0.3 is 0 Å². The summed E-state index contributed by atoms with van der Waals surface area (Å²) in [5.41, 5.74) is 3.42. The largest absolute Gasteiger partial charge is 0.357 e. The normalized spacial score (nSPS) is 12.0. The number of sulfonamides is 1. The third-order valence-corrected chi connectivity index (χ3v) is 7.70. The van der Waals surface area contributed by atoms with Crippen LogP contribution in [0.4, 0.5) is 5.69 Å². The number of hydrogen-bond acceptors (Lipinski definition) is 4. The van der Waals surface area contributed by atoms with Gasteiger partial charge in [0.15, 0.2) is 0 Å². The predicted octanol–water partition coefficient (Wildman–Crippen LogP) is 4.58. The molecule has 0 heterocycles. The molecule has 9 heteroatoms. The third kappa shape index (κ3) is 8.33. The number of hydrogen-bond donors (Lipinski definition) is 1. The van der Waals surface area contributed by atoms with Crippen LogP contribution in [0.25, 0.3) is 0 Å². The molecular formula is C29H34ClN3O4S. The lowest BCUT2D eigenvalue weighted by Gasteiger charge is -2.31. The van der Waals surface area contributed by atoms with E-state index in [1.54, 1.807) is 36.2 Å². The Balaban J connectivity index is 1.83. The number of carbonyl (C=O) groups excluding carboxylic acids is 2. The highest BCUT2D eigenvalue weighted by atomic mass is 35.5. The Kier molecular flexibility index (Phi) is 10.3. The summed E-state index contributed by atoms with van der Waals surface area (Å²) in [6.07, 6.45) is 1.85. The van der Waals surface area contributed by atoms with Gasteiger partial charge in [0.05, 0.1) is 11.9 Å². The van der Waals surface area contributed by atoms with Crippen molar-refractivity contribution in [2.24, 2.45) is 0 Å². The summed E-state index contributed by atoms with van der Waals surface area (Å²) < 4.78 is 26.2. The van der Waals surface area contributed by atoms with E-state index in [2.05, 4.69) is 5.32 Å². The molecular weight excluding hydrogens is 522 g/mol. The molecule has 3 aromatic carbocycles. The maximum absolute atomic E-state index is 13.6. The minimum absolute atomic E-state index is 0.0771. The molecule has 0 aliphatic carbocycles. The van der Waals surface area contributed by atoms with Gasteiger partial charge < -0.3 is 10.2 Å². The van der Waals surface area contributed by atoms with Gasteiger partial charge in [0.1, 0.15) is 6.04 Å². The number of aryl methyl sites for hydroxylation is 1. The van der Waals surface area contributed by atoms with Crippen LogP contribution >= 0.6 is 11.6 Å². The molecule has 0 saturated carbocycles. The van der Waals surface area contributed by atoms with Crippen LogP contribution in [0.1, 0.15) is 29.5 Å². The van der Waals surface area contributed by atoms with Crippen LogP contribution in [0.5, 0.6) is 0 Å². The molecule has 0 aliphatic rings. The molecule has 38 heavy (non-hydrogen) atoms. The summed E-state index contributed by atoms with van der Waals surface area (Å²) in [5.74, 6) is -0.479. The highest BCUT2D eigenvalue weighted by Gasteiger charge is 2.30. The molecule has 3 aromatic rings. The average molecular weight is 556 g/mol. The molecule has 202 valence electrons. The average Bonchev–Trinajstić information content (AvgIpc) is 2.89. The van der Waals surface area contributed by atoms with Gasteiger partial charge in [-0.25, -0.2) is 8.42 Å². The molecule has 3 rings (SSSR count). The van der Waals surface area contributed by atoms with Crippen molar-refractivity contribution in [3.05, 3.63) is 101 Å². The first-order valence-electron chi connectivity index (χ1n) is 12.4. The second kappa shape index (κ2) is 13.4. The molecule has 2 amide bonds. The quantitative estimate of drug-likeness (QED) is 0.354. The Morgan fingerprint density at radius 3 is 2.13 bits per heavy atom. The van der Waals surface area contributed by atoms with E-state index in [0.29, 0.717) is 17.1 Å². The van der Waals surface area contributed by atoms with Gasteiger partial charge in [0, 0.05) is 38.0 Å². The SMILES string of the molecule is CNC(=O)[C@H](Cc1ccccc1)N(Cc1ccc(C)cc1)C(=O)CCCN(c1ccc(Cl)cc1)S(C)(=O)=O. The van der Waals surface area contributed by atoms with Crippen LogP contribution in [0.15, 0.2) is 78.9 Å². The topological polar surface area (TPSA) is 86.8 Å². The van der Waals surface area contributed by atoms with Gasteiger partial charge in [0.2, 0.25) is 21.8 Å².